The molecule has 0 spiro atoms. The number of benzene rings is 2. The number of amides is 1. The van der Waals surface area contributed by atoms with Gasteiger partial charge in [-0.1, -0.05) is 12.1 Å². The van der Waals surface area contributed by atoms with Crippen molar-refractivity contribution in [3.05, 3.63) is 59.9 Å². The zero-order valence-corrected chi connectivity index (χ0v) is 16.9. The van der Waals surface area contributed by atoms with E-state index in [1.807, 2.05) is 24.3 Å². The Hall–Kier alpha value is -3.13. The number of ether oxygens (including phenoxy) is 1. The maximum atomic E-state index is 14.7. The molecule has 2 aliphatic rings. The van der Waals surface area contributed by atoms with Crippen molar-refractivity contribution in [2.45, 2.75) is 31.6 Å². The Labute approximate surface area is 178 Å². The van der Waals surface area contributed by atoms with Crippen LogP contribution in [0.15, 0.2) is 42.5 Å². The van der Waals surface area contributed by atoms with Crippen LogP contribution in [0, 0.1) is 11.6 Å². The second-order valence-corrected chi connectivity index (χ2v) is 7.89. The molecule has 0 saturated carbocycles. The largest absolute Gasteiger partial charge is 0.381 e. The number of anilines is 1. The zero-order chi connectivity index (χ0) is 21.4. The highest BCUT2D eigenvalue weighted by Gasteiger charge is 2.26. The van der Waals surface area contributed by atoms with E-state index < -0.39 is 11.6 Å². The van der Waals surface area contributed by atoms with Gasteiger partial charge in [0.25, 0.3) is 0 Å². The molecule has 0 atom stereocenters. The number of nitrogens with zero attached hydrogens (tertiary/aromatic N) is 4. The molecule has 0 N–H and O–H groups in total. The molecule has 1 aromatic heterocycles. The van der Waals surface area contributed by atoms with Gasteiger partial charge in [-0.15, -0.1) is 0 Å². The van der Waals surface area contributed by atoms with Crippen molar-refractivity contribution in [2.24, 2.45) is 0 Å². The average molecular weight is 424 g/mol. The van der Waals surface area contributed by atoms with E-state index in [4.69, 9.17) is 9.72 Å². The molecule has 2 aromatic carbocycles. The summed E-state index contributed by atoms with van der Waals surface area (Å²) < 4.78 is 35.0. The van der Waals surface area contributed by atoms with Crippen LogP contribution in [-0.2, 0) is 9.53 Å². The molecule has 2 aliphatic heterocycles. The van der Waals surface area contributed by atoms with Gasteiger partial charge in [0.15, 0.2) is 17.5 Å². The average Bonchev–Trinajstić information content (AvgIpc) is 3.41. The van der Waals surface area contributed by atoms with E-state index in [0.29, 0.717) is 43.4 Å². The van der Waals surface area contributed by atoms with E-state index in [9.17, 15) is 13.6 Å². The smallest absolute Gasteiger partial charge is 0.227 e. The first kappa shape index (κ1) is 19.8. The van der Waals surface area contributed by atoms with E-state index in [1.54, 1.807) is 4.90 Å². The Morgan fingerprint density at radius 3 is 2.65 bits per heavy atom. The van der Waals surface area contributed by atoms with E-state index >= 15 is 0 Å². The summed E-state index contributed by atoms with van der Waals surface area (Å²) in [6.45, 7) is 1.94. The molecule has 3 aromatic rings. The van der Waals surface area contributed by atoms with Crippen LogP contribution in [-0.4, -0.2) is 40.4 Å². The van der Waals surface area contributed by atoms with Crippen molar-refractivity contribution in [1.82, 2.24) is 14.8 Å². The molecular weight excluding hydrogens is 402 g/mol. The monoisotopic (exact) mass is 424 g/mol. The summed E-state index contributed by atoms with van der Waals surface area (Å²) in [6.07, 6.45) is 2.94. The number of hydrogen-bond donors (Lipinski definition) is 0. The molecule has 0 bridgehead atoms. The lowest BCUT2D eigenvalue weighted by Crippen LogP contribution is -2.23. The molecule has 0 unspecified atom stereocenters. The lowest BCUT2D eigenvalue weighted by molar-refractivity contribution is -0.117. The fourth-order valence-corrected chi connectivity index (χ4v) is 4.20. The zero-order valence-electron chi connectivity index (χ0n) is 16.9. The van der Waals surface area contributed by atoms with E-state index in [2.05, 4.69) is 5.10 Å². The highest BCUT2D eigenvalue weighted by Crippen LogP contribution is 2.32. The van der Waals surface area contributed by atoms with Gasteiger partial charge in [0.05, 0.1) is 0 Å². The maximum absolute atomic E-state index is 14.7. The van der Waals surface area contributed by atoms with Gasteiger partial charge < -0.3 is 9.64 Å². The Kier molecular flexibility index (Phi) is 5.23. The highest BCUT2D eigenvalue weighted by molar-refractivity contribution is 5.95. The first-order chi connectivity index (χ1) is 15.1. The van der Waals surface area contributed by atoms with Gasteiger partial charge in [0, 0.05) is 49.4 Å². The van der Waals surface area contributed by atoms with Crippen LogP contribution in [0.5, 0.6) is 0 Å². The van der Waals surface area contributed by atoms with Crippen molar-refractivity contribution in [1.29, 1.82) is 0 Å². The summed E-state index contributed by atoms with van der Waals surface area (Å²) in [4.78, 5) is 18.7. The van der Waals surface area contributed by atoms with Gasteiger partial charge in [-0.2, -0.15) is 5.10 Å². The van der Waals surface area contributed by atoms with Crippen molar-refractivity contribution in [3.63, 3.8) is 0 Å². The van der Waals surface area contributed by atoms with Gasteiger partial charge in [-0.25, -0.2) is 18.4 Å². The molecule has 5 rings (SSSR count). The SMILES string of the molecule is O=C1CCCN1c1cccc(-c2nc(C3CCOCC3)nn2-c2ccc(F)cc2F)c1. The number of hydrogen-bond acceptors (Lipinski definition) is 4. The standard InChI is InChI=1S/C23H22F2N4O2/c24-17-6-7-20(19(25)14-17)29-23(26-22(27-29)15-8-11-31-12-9-15)16-3-1-4-18(13-16)28-10-2-5-21(28)30/h1,3-4,6-7,13-15H,2,5,8-12H2. The van der Waals surface area contributed by atoms with Gasteiger partial charge in [-0.3, -0.25) is 4.79 Å². The summed E-state index contributed by atoms with van der Waals surface area (Å²) in [5.74, 6) is -0.0884. The number of aromatic nitrogens is 3. The fourth-order valence-electron chi connectivity index (χ4n) is 4.20. The second-order valence-electron chi connectivity index (χ2n) is 7.89. The van der Waals surface area contributed by atoms with Crippen molar-refractivity contribution in [3.8, 4) is 17.1 Å². The van der Waals surface area contributed by atoms with Gasteiger partial charge in [0.1, 0.15) is 11.5 Å². The molecule has 0 radical (unpaired) electrons. The Bertz CT molecular complexity index is 1120. The topological polar surface area (TPSA) is 60.3 Å². The molecule has 31 heavy (non-hydrogen) atoms. The van der Waals surface area contributed by atoms with Crippen LogP contribution in [0.4, 0.5) is 14.5 Å². The number of carbonyl (C=O) groups excluding carboxylic acids is 1. The van der Waals surface area contributed by atoms with E-state index in [-0.39, 0.29) is 17.5 Å². The van der Waals surface area contributed by atoms with Crippen LogP contribution in [0.25, 0.3) is 17.1 Å². The molecule has 8 heteroatoms. The summed E-state index contributed by atoms with van der Waals surface area (Å²) in [6, 6.07) is 10.9. The van der Waals surface area contributed by atoms with Crippen molar-refractivity contribution >= 4 is 11.6 Å². The van der Waals surface area contributed by atoms with Gasteiger partial charge in [-0.05, 0) is 43.5 Å². The summed E-state index contributed by atoms with van der Waals surface area (Å²) in [5, 5.41) is 4.62. The molecule has 3 heterocycles. The molecule has 0 aliphatic carbocycles. The van der Waals surface area contributed by atoms with Gasteiger partial charge >= 0.3 is 0 Å². The van der Waals surface area contributed by atoms with Crippen LogP contribution in [0.3, 0.4) is 0 Å². The number of halogens is 2. The molecular formula is C23H22F2N4O2. The minimum atomic E-state index is -0.712. The Morgan fingerprint density at radius 1 is 1.06 bits per heavy atom. The summed E-state index contributed by atoms with van der Waals surface area (Å²) >= 11 is 0. The third kappa shape index (κ3) is 3.83. The lowest BCUT2D eigenvalue weighted by Gasteiger charge is -2.18. The maximum Gasteiger partial charge on any atom is 0.227 e. The van der Waals surface area contributed by atoms with Crippen molar-refractivity contribution in [2.75, 3.05) is 24.7 Å². The predicted octanol–water partition coefficient (Wildman–Crippen LogP) is 4.23. The van der Waals surface area contributed by atoms with Crippen LogP contribution < -0.4 is 4.90 Å². The predicted molar refractivity (Wildman–Crippen MR) is 111 cm³/mol. The molecule has 2 saturated heterocycles. The fraction of sp³-hybridized carbons (Fsp3) is 0.348. The molecule has 2 fully saturated rings. The van der Waals surface area contributed by atoms with Crippen LogP contribution >= 0.6 is 0 Å². The van der Waals surface area contributed by atoms with Crippen LogP contribution in [0.2, 0.25) is 0 Å². The summed E-state index contributed by atoms with van der Waals surface area (Å²) in [7, 11) is 0. The third-order valence-electron chi connectivity index (χ3n) is 5.84. The van der Waals surface area contributed by atoms with Crippen molar-refractivity contribution < 1.29 is 18.3 Å². The molecule has 6 nitrogen and oxygen atoms in total. The van der Waals surface area contributed by atoms with Gasteiger partial charge in [0.2, 0.25) is 5.91 Å². The normalized spacial score (nSPS) is 17.5. The highest BCUT2D eigenvalue weighted by atomic mass is 19.1. The summed E-state index contributed by atoms with van der Waals surface area (Å²) in [5.41, 5.74) is 1.62. The van der Waals surface area contributed by atoms with E-state index in [1.165, 1.54) is 16.8 Å². The number of carbonyl (C=O) groups is 1. The molecule has 160 valence electrons. The Balaban J connectivity index is 1.61. The van der Waals surface area contributed by atoms with Crippen LogP contribution in [0.1, 0.15) is 37.4 Å². The molecule has 1 amide bonds. The lowest BCUT2D eigenvalue weighted by atomic mass is 10.00. The Morgan fingerprint density at radius 2 is 1.90 bits per heavy atom. The first-order valence-corrected chi connectivity index (χ1v) is 10.5. The first-order valence-electron chi connectivity index (χ1n) is 10.5. The second kappa shape index (κ2) is 8.19. The minimum absolute atomic E-state index is 0.0890. The minimum Gasteiger partial charge on any atom is -0.381 e. The van der Waals surface area contributed by atoms with E-state index in [0.717, 1.165) is 31.0 Å². The quantitative estimate of drug-likeness (QED) is 0.629. The number of rotatable bonds is 4. The third-order valence-corrected chi connectivity index (χ3v) is 5.84.